The van der Waals surface area contributed by atoms with E-state index in [4.69, 9.17) is 5.73 Å². The molecule has 2 aromatic carbocycles. The number of fused-ring (bicyclic) bond motifs is 1. The van der Waals surface area contributed by atoms with Gasteiger partial charge in [0.1, 0.15) is 11.5 Å². The van der Waals surface area contributed by atoms with Crippen LogP contribution in [0.1, 0.15) is 29.5 Å². The van der Waals surface area contributed by atoms with E-state index in [-0.39, 0.29) is 5.69 Å². The standard InChI is InChI=1S/C17H16N4O3/c1-2-5-16-19-12-9-8-11(17(18)22)10-15(12)20(16)13-6-3-4-7-14(13)21(23)24/h3-4,6-10H,2,5H2,1H3,(H2,18,22). The smallest absolute Gasteiger partial charge is 0.293 e. The van der Waals surface area contributed by atoms with Crippen LogP contribution in [-0.2, 0) is 6.42 Å². The third kappa shape index (κ3) is 2.60. The molecule has 0 aliphatic carbocycles. The quantitative estimate of drug-likeness (QED) is 0.575. The lowest BCUT2D eigenvalue weighted by atomic mass is 10.2. The van der Waals surface area contributed by atoms with Crippen molar-refractivity contribution in [2.24, 2.45) is 5.73 Å². The number of aromatic nitrogens is 2. The van der Waals surface area contributed by atoms with E-state index in [1.807, 2.05) is 6.92 Å². The van der Waals surface area contributed by atoms with Crippen LogP contribution < -0.4 is 5.73 Å². The first kappa shape index (κ1) is 15.7. The van der Waals surface area contributed by atoms with Gasteiger partial charge >= 0.3 is 0 Å². The molecule has 0 atom stereocenters. The molecular formula is C17H16N4O3. The molecule has 0 saturated carbocycles. The highest BCUT2D eigenvalue weighted by Crippen LogP contribution is 2.29. The summed E-state index contributed by atoms with van der Waals surface area (Å²) in [6.45, 7) is 2.01. The monoisotopic (exact) mass is 324 g/mol. The van der Waals surface area contributed by atoms with Crippen molar-refractivity contribution in [2.45, 2.75) is 19.8 Å². The Kier molecular flexibility index (Phi) is 3.99. The number of para-hydroxylation sites is 2. The number of aryl methyl sites for hydroxylation is 1. The highest BCUT2D eigenvalue weighted by atomic mass is 16.6. The number of primary amides is 1. The Morgan fingerprint density at radius 3 is 2.71 bits per heavy atom. The summed E-state index contributed by atoms with van der Waals surface area (Å²) in [7, 11) is 0. The average Bonchev–Trinajstić information content (AvgIpc) is 2.92. The molecule has 0 fully saturated rings. The highest BCUT2D eigenvalue weighted by molar-refractivity contribution is 5.96. The number of nitrogens with two attached hydrogens (primary N) is 1. The van der Waals surface area contributed by atoms with Crippen LogP contribution in [0.3, 0.4) is 0 Å². The van der Waals surface area contributed by atoms with Crippen LogP contribution in [0, 0.1) is 10.1 Å². The van der Waals surface area contributed by atoms with E-state index in [1.54, 1.807) is 41.0 Å². The van der Waals surface area contributed by atoms with Crippen molar-refractivity contribution in [1.82, 2.24) is 9.55 Å². The fourth-order valence-electron chi connectivity index (χ4n) is 2.75. The van der Waals surface area contributed by atoms with Gasteiger partial charge in [0.25, 0.3) is 5.69 Å². The molecule has 1 amide bonds. The van der Waals surface area contributed by atoms with E-state index in [0.717, 1.165) is 6.42 Å². The van der Waals surface area contributed by atoms with Crippen LogP contribution in [0.4, 0.5) is 5.69 Å². The fraction of sp³-hybridized carbons (Fsp3) is 0.176. The van der Waals surface area contributed by atoms with Gasteiger partial charge in [0.2, 0.25) is 5.91 Å². The number of hydrogen-bond acceptors (Lipinski definition) is 4. The van der Waals surface area contributed by atoms with Gasteiger partial charge in [0.15, 0.2) is 0 Å². The average molecular weight is 324 g/mol. The van der Waals surface area contributed by atoms with Crippen molar-refractivity contribution in [1.29, 1.82) is 0 Å². The minimum Gasteiger partial charge on any atom is -0.366 e. The Bertz CT molecular complexity index is 946. The van der Waals surface area contributed by atoms with Crippen molar-refractivity contribution < 1.29 is 9.72 Å². The lowest BCUT2D eigenvalue weighted by molar-refractivity contribution is -0.384. The van der Waals surface area contributed by atoms with Gasteiger partial charge in [0, 0.05) is 18.1 Å². The number of carbonyl (C=O) groups excluding carboxylic acids is 1. The molecule has 2 N–H and O–H groups in total. The molecule has 1 heterocycles. The number of rotatable bonds is 5. The van der Waals surface area contributed by atoms with E-state index in [1.165, 1.54) is 6.07 Å². The minimum atomic E-state index is -0.552. The van der Waals surface area contributed by atoms with Crippen LogP contribution in [0.2, 0.25) is 0 Å². The second-order valence-electron chi connectivity index (χ2n) is 5.43. The van der Waals surface area contributed by atoms with E-state index in [2.05, 4.69) is 4.98 Å². The second-order valence-corrected chi connectivity index (χ2v) is 5.43. The predicted octanol–water partition coefficient (Wildman–Crippen LogP) is 2.99. The van der Waals surface area contributed by atoms with Gasteiger partial charge in [-0.2, -0.15) is 0 Å². The second kappa shape index (κ2) is 6.11. The first-order valence-electron chi connectivity index (χ1n) is 7.58. The summed E-state index contributed by atoms with van der Waals surface area (Å²) in [6.07, 6.45) is 1.50. The van der Waals surface area contributed by atoms with Crippen LogP contribution >= 0.6 is 0 Å². The molecule has 1 aromatic heterocycles. The van der Waals surface area contributed by atoms with Gasteiger partial charge in [-0.3, -0.25) is 19.5 Å². The Hall–Kier alpha value is -3.22. The van der Waals surface area contributed by atoms with Crippen LogP contribution in [0.25, 0.3) is 16.7 Å². The molecule has 7 heteroatoms. The molecule has 0 bridgehead atoms. The van der Waals surface area contributed by atoms with Crippen molar-refractivity contribution in [2.75, 3.05) is 0 Å². The molecule has 0 radical (unpaired) electrons. The first-order chi connectivity index (χ1) is 11.5. The van der Waals surface area contributed by atoms with Crippen LogP contribution in [-0.4, -0.2) is 20.4 Å². The SMILES string of the molecule is CCCc1nc2ccc(C(N)=O)cc2n1-c1ccccc1[N+](=O)[O-]. The summed E-state index contributed by atoms with van der Waals surface area (Å²) in [5.41, 5.74) is 7.41. The molecule has 7 nitrogen and oxygen atoms in total. The Labute approximate surface area is 137 Å². The Morgan fingerprint density at radius 1 is 1.29 bits per heavy atom. The number of nitrogens with zero attached hydrogens (tertiary/aromatic N) is 3. The van der Waals surface area contributed by atoms with E-state index in [0.29, 0.717) is 34.5 Å². The molecule has 3 aromatic rings. The molecule has 0 spiro atoms. The summed E-state index contributed by atoms with van der Waals surface area (Å²) in [4.78, 5) is 27.0. The predicted molar refractivity (Wildman–Crippen MR) is 90.2 cm³/mol. The highest BCUT2D eigenvalue weighted by Gasteiger charge is 2.20. The number of carbonyl (C=O) groups is 1. The largest absolute Gasteiger partial charge is 0.366 e. The lowest BCUT2D eigenvalue weighted by Crippen LogP contribution is -2.11. The van der Waals surface area contributed by atoms with Gasteiger partial charge in [-0.15, -0.1) is 0 Å². The topological polar surface area (TPSA) is 104 Å². The zero-order valence-electron chi connectivity index (χ0n) is 13.1. The first-order valence-corrected chi connectivity index (χ1v) is 7.58. The van der Waals surface area contributed by atoms with Crippen molar-refractivity contribution in [3.63, 3.8) is 0 Å². The molecule has 0 aliphatic rings. The third-order valence-electron chi connectivity index (χ3n) is 3.80. The van der Waals surface area contributed by atoms with Crippen molar-refractivity contribution in [3.8, 4) is 5.69 Å². The van der Waals surface area contributed by atoms with Gasteiger partial charge < -0.3 is 5.73 Å². The van der Waals surface area contributed by atoms with Gasteiger partial charge in [-0.05, 0) is 30.7 Å². The zero-order valence-corrected chi connectivity index (χ0v) is 13.1. The number of nitro groups is 1. The van der Waals surface area contributed by atoms with E-state index < -0.39 is 10.8 Å². The number of amides is 1. The number of hydrogen-bond donors (Lipinski definition) is 1. The van der Waals surface area contributed by atoms with Crippen LogP contribution in [0.15, 0.2) is 42.5 Å². The number of imidazole rings is 1. The summed E-state index contributed by atoms with van der Waals surface area (Å²) >= 11 is 0. The number of benzene rings is 2. The maximum absolute atomic E-state index is 11.5. The zero-order chi connectivity index (χ0) is 17.3. The Morgan fingerprint density at radius 2 is 2.04 bits per heavy atom. The number of nitro benzene ring substituents is 1. The van der Waals surface area contributed by atoms with Crippen LogP contribution in [0.5, 0.6) is 0 Å². The molecule has 0 saturated heterocycles. The summed E-state index contributed by atoms with van der Waals surface area (Å²) in [6, 6.07) is 11.4. The van der Waals surface area contributed by atoms with Gasteiger partial charge in [-0.25, -0.2) is 4.98 Å². The molecule has 0 unspecified atom stereocenters. The molecule has 0 aliphatic heterocycles. The maximum Gasteiger partial charge on any atom is 0.293 e. The normalized spacial score (nSPS) is 10.9. The molecular weight excluding hydrogens is 308 g/mol. The fourth-order valence-corrected chi connectivity index (χ4v) is 2.75. The lowest BCUT2D eigenvalue weighted by Gasteiger charge is -2.09. The Balaban J connectivity index is 2.36. The van der Waals surface area contributed by atoms with E-state index >= 15 is 0 Å². The third-order valence-corrected chi connectivity index (χ3v) is 3.80. The maximum atomic E-state index is 11.5. The molecule has 122 valence electrons. The summed E-state index contributed by atoms with van der Waals surface area (Å²) in [5, 5.41) is 11.4. The van der Waals surface area contributed by atoms with Crippen molar-refractivity contribution in [3.05, 3.63) is 64.0 Å². The minimum absolute atomic E-state index is 0.0152. The van der Waals surface area contributed by atoms with Crippen molar-refractivity contribution >= 4 is 22.6 Å². The molecule has 3 rings (SSSR count). The summed E-state index contributed by atoms with van der Waals surface area (Å²) in [5.74, 6) is 0.160. The summed E-state index contributed by atoms with van der Waals surface area (Å²) < 4.78 is 1.74. The van der Waals surface area contributed by atoms with Gasteiger partial charge in [-0.1, -0.05) is 19.1 Å². The molecule has 24 heavy (non-hydrogen) atoms. The van der Waals surface area contributed by atoms with Gasteiger partial charge in [0.05, 0.1) is 16.0 Å². The van der Waals surface area contributed by atoms with E-state index in [9.17, 15) is 14.9 Å².